The molecule has 2 fully saturated rings. The van der Waals surface area contributed by atoms with E-state index >= 15 is 0 Å². The van der Waals surface area contributed by atoms with Gasteiger partial charge in [-0.2, -0.15) is 11.3 Å². The standard InChI is InChI=1S/C19H14F2N2O3S2/c20-13-2-1-11(6-14(13)21)12-7-15(12)22-17(24)8-23-18(25)16(28-19(23)26)5-10-3-4-27-9-10/h1-6,9,12,15H,7-8H2,(H,22,24)/b16-5-/t12-,15+/m0/s1. The van der Waals surface area contributed by atoms with Crippen LogP contribution in [0.2, 0.25) is 0 Å². The molecule has 1 N–H and O–H groups in total. The molecular weight excluding hydrogens is 406 g/mol. The molecule has 1 aromatic carbocycles. The maximum absolute atomic E-state index is 13.3. The van der Waals surface area contributed by atoms with Crippen molar-refractivity contribution >= 4 is 46.2 Å². The zero-order valence-electron chi connectivity index (χ0n) is 14.4. The van der Waals surface area contributed by atoms with Gasteiger partial charge in [0, 0.05) is 12.0 Å². The summed E-state index contributed by atoms with van der Waals surface area (Å²) in [4.78, 5) is 37.9. The Morgan fingerprint density at radius 3 is 2.79 bits per heavy atom. The van der Waals surface area contributed by atoms with Crippen LogP contribution in [0.1, 0.15) is 23.5 Å². The number of nitrogens with zero attached hydrogens (tertiary/aromatic N) is 1. The molecule has 1 aromatic heterocycles. The highest BCUT2D eigenvalue weighted by atomic mass is 32.2. The molecule has 4 rings (SSSR count). The maximum Gasteiger partial charge on any atom is 0.294 e. The normalized spacial score (nSPS) is 22.8. The molecule has 0 radical (unpaired) electrons. The minimum absolute atomic E-state index is 0.104. The molecule has 3 amide bonds. The summed E-state index contributed by atoms with van der Waals surface area (Å²) in [5, 5.41) is 5.96. The monoisotopic (exact) mass is 420 g/mol. The minimum atomic E-state index is -0.926. The Morgan fingerprint density at radius 2 is 2.07 bits per heavy atom. The third-order valence-electron chi connectivity index (χ3n) is 4.52. The van der Waals surface area contributed by atoms with Crippen molar-refractivity contribution in [3.05, 3.63) is 62.7 Å². The zero-order chi connectivity index (χ0) is 19.8. The predicted octanol–water partition coefficient (Wildman–Crippen LogP) is 3.73. The Morgan fingerprint density at radius 1 is 1.25 bits per heavy atom. The van der Waals surface area contributed by atoms with Crippen LogP contribution in [0.25, 0.3) is 6.08 Å². The topological polar surface area (TPSA) is 66.5 Å². The smallest absolute Gasteiger partial charge is 0.294 e. The van der Waals surface area contributed by atoms with Gasteiger partial charge in [0.1, 0.15) is 6.54 Å². The lowest BCUT2D eigenvalue weighted by molar-refractivity contribution is -0.129. The molecule has 2 heterocycles. The van der Waals surface area contributed by atoms with E-state index in [1.807, 2.05) is 16.8 Å². The number of amides is 3. The van der Waals surface area contributed by atoms with Gasteiger partial charge in [0.05, 0.1) is 4.91 Å². The van der Waals surface area contributed by atoms with E-state index in [0.717, 1.165) is 34.4 Å². The zero-order valence-corrected chi connectivity index (χ0v) is 16.0. The van der Waals surface area contributed by atoms with Crippen molar-refractivity contribution in [2.24, 2.45) is 0 Å². The van der Waals surface area contributed by atoms with Gasteiger partial charge in [0.25, 0.3) is 11.1 Å². The third kappa shape index (κ3) is 3.85. The number of thiophene rings is 1. The molecule has 0 bridgehead atoms. The fourth-order valence-electron chi connectivity index (χ4n) is 3.01. The first-order valence-corrected chi connectivity index (χ1v) is 10.2. The summed E-state index contributed by atoms with van der Waals surface area (Å²) in [7, 11) is 0. The van der Waals surface area contributed by atoms with E-state index in [1.54, 1.807) is 6.08 Å². The van der Waals surface area contributed by atoms with E-state index in [-0.39, 0.29) is 23.4 Å². The van der Waals surface area contributed by atoms with Gasteiger partial charge in [-0.1, -0.05) is 6.07 Å². The van der Waals surface area contributed by atoms with Crippen LogP contribution in [-0.4, -0.2) is 34.5 Å². The summed E-state index contributed by atoms with van der Waals surface area (Å²) >= 11 is 2.28. The highest BCUT2D eigenvalue weighted by Gasteiger charge is 2.41. The van der Waals surface area contributed by atoms with E-state index < -0.39 is 28.7 Å². The number of benzene rings is 1. The summed E-state index contributed by atoms with van der Waals surface area (Å²) in [6, 6.07) is 5.27. The summed E-state index contributed by atoms with van der Waals surface area (Å²) in [6.07, 6.45) is 2.22. The van der Waals surface area contributed by atoms with Crippen LogP contribution < -0.4 is 5.32 Å². The number of hydrogen-bond donors (Lipinski definition) is 1. The van der Waals surface area contributed by atoms with Gasteiger partial charge in [-0.25, -0.2) is 8.78 Å². The van der Waals surface area contributed by atoms with Crippen LogP contribution in [0.5, 0.6) is 0 Å². The maximum atomic E-state index is 13.3. The molecule has 1 aliphatic carbocycles. The Labute approximate surface area is 167 Å². The third-order valence-corrected chi connectivity index (χ3v) is 6.13. The van der Waals surface area contributed by atoms with Crippen molar-refractivity contribution in [1.29, 1.82) is 0 Å². The molecule has 0 unspecified atom stereocenters. The molecule has 1 aliphatic heterocycles. The molecule has 144 valence electrons. The molecule has 2 aromatic rings. The van der Waals surface area contributed by atoms with E-state index in [0.29, 0.717) is 12.0 Å². The summed E-state index contributed by atoms with van der Waals surface area (Å²) in [6.45, 7) is -0.368. The lowest BCUT2D eigenvalue weighted by Crippen LogP contribution is -2.40. The number of nitrogens with one attached hydrogen (secondary N) is 1. The van der Waals surface area contributed by atoms with E-state index in [4.69, 9.17) is 0 Å². The van der Waals surface area contributed by atoms with Gasteiger partial charge in [0.2, 0.25) is 5.91 Å². The molecule has 5 nitrogen and oxygen atoms in total. The average molecular weight is 420 g/mol. The van der Waals surface area contributed by atoms with Gasteiger partial charge in [-0.3, -0.25) is 19.3 Å². The van der Waals surface area contributed by atoms with Crippen LogP contribution >= 0.6 is 23.1 Å². The van der Waals surface area contributed by atoms with Crippen LogP contribution in [-0.2, 0) is 9.59 Å². The number of carbonyl (C=O) groups is 3. The Balaban J connectivity index is 1.35. The first-order valence-electron chi connectivity index (χ1n) is 8.44. The summed E-state index contributed by atoms with van der Waals surface area (Å²) < 4.78 is 26.4. The second-order valence-electron chi connectivity index (χ2n) is 6.51. The van der Waals surface area contributed by atoms with Gasteiger partial charge >= 0.3 is 0 Å². The largest absolute Gasteiger partial charge is 0.351 e. The number of carbonyl (C=O) groups excluding carboxylic acids is 3. The predicted molar refractivity (Wildman–Crippen MR) is 103 cm³/mol. The Bertz CT molecular complexity index is 991. The molecule has 9 heteroatoms. The van der Waals surface area contributed by atoms with Crippen LogP contribution in [0, 0.1) is 11.6 Å². The quantitative estimate of drug-likeness (QED) is 0.749. The van der Waals surface area contributed by atoms with Crippen molar-refractivity contribution in [2.45, 2.75) is 18.4 Å². The van der Waals surface area contributed by atoms with Gasteiger partial charge in [0.15, 0.2) is 11.6 Å². The number of halogens is 2. The van der Waals surface area contributed by atoms with Crippen molar-refractivity contribution in [3.63, 3.8) is 0 Å². The number of hydrogen-bond acceptors (Lipinski definition) is 5. The van der Waals surface area contributed by atoms with Crippen LogP contribution in [0.15, 0.2) is 39.9 Å². The van der Waals surface area contributed by atoms with E-state index in [9.17, 15) is 23.2 Å². The summed E-state index contributed by atoms with van der Waals surface area (Å²) in [5.74, 6) is -2.91. The number of thioether (sulfide) groups is 1. The van der Waals surface area contributed by atoms with Crippen molar-refractivity contribution < 1.29 is 23.2 Å². The first-order chi connectivity index (χ1) is 13.4. The first kappa shape index (κ1) is 18.8. The molecule has 0 spiro atoms. The SMILES string of the molecule is O=C(CN1C(=O)S/C(=C\c2ccsc2)C1=O)N[C@@H]1C[C@H]1c1ccc(F)c(F)c1. The minimum Gasteiger partial charge on any atom is -0.351 e. The fraction of sp³-hybridized carbons (Fsp3) is 0.211. The number of imide groups is 1. The highest BCUT2D eigenvalue weighted by molar-refractivity contribution is 8.18. The lowest BCUT2D eigenvalue weighted by Gasteiger charge is -2.12. The molecular formula is C19H14F2N2O3S2. The molecule has 2 aliphatic rings. The molecule has 2 atom stereocenters. The van der Waals surface area contributed by atoms with E-state index in [1.165, 1.54) is 17.4 Å². The Hall–Kier alpha value is -2.52. The van der Waals surface area contributed by atoms with Crippen LogP contribution in [0.4, 0.5) is 13.6 Å². The number of rotatable bonds is 5. The average Bonchev–Trinajstić information content (AvgIpc) is 3.11. The van der Waals surface area contributed by atoms with Gasteiger partial charge < -0.3 is 5.32 Å². The second kappa shape index (κ2) is 7.48. The molecule has 1 saturated heterocycles. The highest BCUT2D eigenvalue weighted by Crippen LogP contribution is 2.41. The Kier molecular flexibility index (Phi) is 5.03. The van der Waals surface area contributed by atoms with Crippen molar-refractivity contribution in [1.82, 2.24) is 10.2 Å². The van der Waals surface area contributed by atoms with Crippen LogP contribution in [0.3, 0.4) is 0 Å². The molecule has 28 heavy (non-hydrogen) atoms. The molecule has 1 saturated carbocycles. The van der Waals surface area contributed by atoms with Crippen molar-refractivity contribution in [3.8, 4) is 0 Å². The second-order valence-corrected chi connectivity index (χ2v) is 8.29. The van der Waals surface area contributed by atoms with Gasteiger partial charge in [-0.15, -0.1) is 0 Å². The fourth-order valence-corrected chi connectivity index (χ4v) is 4.46. The van der Waals surface area contributed by atoms with Gasteiger partial charge in [-0.05, 0) is 64.3 Å². The summed E-state index contributed by atoms with van der Waals surface area (Å²) in [5.41, 5.74) is 1.43. The van der Waals surface area contributed by atoms with Crippen molar-refractivity contribution in [2.75, 3.05) is 6.54 Å². The lowest BCUT2D eigenvalue weighted by atomic mass is 10.1. The van der Waals surface area contributed by atoms with E-state index in [2.05, 4.69) is 5.32 Å².